The van der Waals surface area contributed by atoms with Crippen LogP contribution in [0.25, 0.3) is 0 Å². The maximum absolute atomic E-state index is 13.2. The summed E-state index contributed by atoms with van der Waals surface area (Å²) >= 11 is 0. The summed E-state index contributed by atoms with van der Waals surface area (Å²) in [6.45, 7) is 0. The van der Waals surface area contributed by atoms with Gasteiger partial charge in [0, 0.05) is 6.42 Å². The molecule has 0 aliphatic heterocycles. The summed E-state index contributed by atoms with van der Waals surface area (Å²) in [7, 11) is 0. The quantitative estimate of drug-likeness (QED) is 0.150. The molecule has 8 N–H and O–H groups in total. The van der Waals surface area contributed by atoms with Crippen molar-refractivity contribution in [3.05, 3.63) is 71.8 Å². The molecule has 0 aliphatic carbocycles. The van der Waals surface area contributed by atoms with E-state index in [4.69, 9.17) is 10.8 Å². The lowest BCUT2D eigenvalue weighted by Gasteiger charge is -2.24. The van der Waals surface area contributed by atoms with Crippen molar-refractivity contribution in [1.82, 2.24) is 16.0 Å². The van der Waals surface area contributed by atoms with E-state index < -0.39 is 72.6 Å². The molecule has 3 amide bonds. The first-order chi connectivity index (χ1) is 18.5. The first-order valence-corrected chi connectivity index (χ1v) is 11.9. The van der Waals surface area contributed by atoms with Crippen molar-refractivity contribution in [2.45, 2.75) is 49.9 Å². The van der Waals surface area contributed by atoms with Crippen LogP contribution in [-0.2, 0) is 41.6 Å². The third kappa shape index (κ3) is 10.6. The van der Waals surface area contributed by atoms with Crippen molar-refractivity contribution in [1.29, 1.82) is 0 Å². The summed E-state index contributed by atoms with van der Waals surface area (Å²) in [5.74, 6) is -7.47. The highest BCUT2D eigenvalue weighted by Crippen LogP contribution is 2.07. The van der Waals surface area contributed by atoms with Gasteiger partial charge in [0.2, 0.25) is 17.7 Å². The molecule has 0 spiro atoms. The first kappa shape index (κ1) is 30.4. The van der Waals surface area contributed by atoms with Gasteiger partial charge in [-0.2, -0.15) is 0 Å². The molecule has 0 fully saturated rings. The molecule has 0 saturated carbocycles. The molecule has 0 radical (unpaired) electrons. The first-order valence-electron chi connectivity index (χ1n) is 11.9. The van der Waals surface area contributed by atoms with Crippen LogP contribution in [0.4, 0.5) is 0 Å². The third-order valence-electron chi connectivity index (χ3n) is 5.56. The molecular weight excluding hydrogens is 512 g/mol. The predicted octanol–water partition coefficient (Wildman–Crippen LogP) is -0.712. The molecule has 0 aliphatic rings. The number of carboxylic acids is 3. The molecule has 0 bridgehead atoms. The number of carboxylic acid groups (broad SMARTS) is 3. The zero-order chi connectivity index (χ0) is 28.9. The van der Waals surface area contributed by atoms with Crippen LogP contribution in [0.2, 0.25) is 0 Å². The van der Waals surface area contributed by atoms with E-state index in [1.807, 2.05) is 5.32 Å². The van der Waals surface area contributed by atoms with Gasteiger partial charge < -0.3 is 37.0 Å². The molecule has 2 aromatic carbocycles. The molecule has 208 valence electrons. The van der Waals surface area contributed by atoms with Crippen molar-refractivity contribution in [2.75, 3.05) is 0 Å². The number of rotatable bonds is 15. The van der Waals surface area contributed by atoms with Gasteiger partial charge in [-0.3, -0.25) is 24.0 Å². The van der Waals surface area contributed by atoms with Crippen LogP contribution in [0.15, 0.2) is 60.7 Å². The Labute approximate surface area is 223 Å². The number of benzene rings is 2. The molecule has 4 atom stereocenters. The van der Waals surface area contributed by atoms with Gasteiger partial charge in [0.1, 0.15) is 18.1 Å². The molecule has 4 unspecified atom stereocenters. The Kier molecular flexibility index (Phi) is 11.6. The number of hydrogen-bond acceptors (Lipinski definition) is 7. The second-order valence-electron chi connectivity index (χ2n) is 8.70. The summed E-state index contributed by atoms with van der Waals surface area (Å²) in [4.78, 5) is 72.4. The van der Waals surface area contributed by atoms with Crippen LogP contribution in [-0.4, -0.2) is 75.1 Å². The minimum absolute atomic E-state index is 0.0331. The molecule has 39 heavy (non-hydrogen) atoms. The Morgan fingerprint density at radius 3 is 1.49 bits per heavy atom. The zero-order valence-electron chi connectivity index (χ0n) is 20.8. The van der Waals surface area contributed by atoms with Crippen molar-refractivity contribution in [2.24, 2.45) is 5.73 Å². The monoisotopic (exact) mass is 542 g/mol. The highest BCUT2D eigenvalue weighted by atomic mass is 16.4. The second kappa shape index (κ2) is 14.8. The average molecular weight is 543 g/mol. The van der Waals surface area contributed by atoms with Crippen molar-refractivity contribution in [3.8, 4) is 0 Å². The lowest BCUT2D eigenvalue weighted by molar-refractivity contribution is -0.148. The molecule has 2 aromatic rings. The topological polar surface area (TPSA) is 225 Å². The van der Waals surface area contributed by atoms with E-state index in [1.165, 1.54) is 0 Å². The summed E-state index contributed by atoms with van der Waals surface area (Å²) in [6.07, 6.45) is -1.76. The predicted molar refractivity (Wildman–Crippen MR) is 136 cm³/mol. The zero-order valence-corrected chi connectivity index (χ0v) is 20.8. The normalized spacial score (nSPS) is 13.7. The Hall–Kier alpha value is -4.78. The van der Waals surface area contributed by atoms with Crippen LogP contribution in [0.1, 0.15) is 24.0 Å². The van der Waals surface area contributed by atoms with Crippen LogP contribution >= 0.6 is 0 Å². The summed E-state index contributed by atoms with van der Waals surface area (Å²) in [5.41, 5.74) is 7.47. The number of carbonyl (C=O) groups is 6. The highest BCUT2D eigenvalue weighted by Gasteiger charge is 2.32. The van der Waals surface area contributed by atoms with Crippen molar-refractivity contribution in [3.63, 3.8) is 0 Å². The van der Waals surface area contributed by atoms with Gasteiger partial charge in [0.25, 0.3) is 0 Å². The number of aliphatic carboxylic acids is 3. The van der Waals surface area contributed by atoms with E-state index in [0.717, 1.165) is 5.56 Å². The van der Waals surface area contributed by atoms with Gasteiger partial charge in [0.05, 0.1) is 18.9 Å². The fourth-order valence-electron chi connectivity index (χ4n) is 3.60. The van der Waals surface area contributed by atoms with Crippen LogP contribution in [0, 0.1) is 0 Å². The van der Waals surface area contributed by atoms with E-state index in [9.17, 15) is 39.0 Å². The number of nitrogens with one attached hydrogen (secondary N) is 3. The maximum atomic E-state index is 13.2. The summed E-state index contributed by atoms with van der Waals surface area (Å²) in [5, 5.41) is 34.0. The molecule has 2 rings (SSSR count). The van der Waals surface area contributed by atoms with Crippen LogP contribution in [0.3, 0.4) is 0 Å². The Bertz CT molecular complexity index is 1170. The third-order valence-corrected chi connectivity index (χ3v) is 5.56. The van der Waals surface area contributed by atoms with Crippen LogP contribution < -0.4 is 21.7 Å². The van der Waals surface area contributed by atoms with Crippen LogP contribution in [0.5, 0.6) is 0 Å². The van der Waals surface area contributed by atoms with Gasteiger partial charge in [0.15, 0.2) is 0 Å². The van der Waals surface area contributed by atoms with Gasteiger partial charge >= 0.3 is 17.9 Å². The lowest BCUT2D eigenvalue weighted by atomic mass is 10.0. The van der Waals surface area contributed by atoms with Gasteiger partial charge in [-0.15, -0.1) is 0 Å². The molecule has 0 heterocycles. The molecular formula is C26H30N4O9. The van der Waals surface area contributed by atoms with Crippen molar-refractivity contribution >= 4 is 35.6 Å². The van der Waals surface area contributed by atoms with Gasteiger partial charge in [-0.05, 0) is 17.5 Å². The SMILES string of the molecule is NC(Cc1ccccc1)C(=O)NC(Cc1ccccc1)C(=O)NC(CC(=O)O)C(=O)NC(CC(=O)O)C(=O)O. The minimum atomic E-state index is -1.86. The van der Waals surface area contributed by atoms with E-state index in [2.05, 4.69) is 10.6 Å². The number of hydrogen-bond donors (Lipinski definition) is 7. The van der Waals surface area contributed by atoms with E-state index in [-0.39, 0.29) is 12.8 Å². The minimum Gasteiger partial charge on any atom is -0.481 e. The summed E-state index contributed by atoms with van der Waals surface area (Å²) < 4.78 is 0. The van der Waals surface area contributed by atoms with E-state index in [1.54, 1.807) is 60.7 Å². The smallest absolute Gasteiger partial charge is 0.326 e. The largest absolute Gasteiger partial charge is 0.481 e. The standard InChI is InChI=1S/C26H30N4O9/c27-17(11-15-7-3-1-4-8-15)23(35)28-18(12-16-9-5-2-6-10-16)24(36)29-19(13-21(31)32)25(37)30-20(26(38)39)14-22(33)34/h1-10,17-20H,11-14,27H2,(H,28,35)(H,29,36)(H,30,37)(H,31,32)(H,33,34)(H,38,39). The fourth-order valence-corrected chi connectivity index (χ4v) is 3.60. The van der Waals surface area contributed by atoms with E-state index >= 15 is 0 Å². The fraction of sp³-hybridized carbons (Fsp3) is 0.308. The molecule has 0 aromatic heterocycles. The maximum Gasteiger partial charge on any atom is 0.326 e. The lowest BCUT2D eigenvalue weighted by Crippen LogP contribution is -2.58. The van der Waals surface area contributed by atoms with Gasteiger partial charge in [-0.25, -0.2) is 4.79 Å². The van der Waals surface area contributed by atoms with Crippen molar-refractivity contribution < 1.29 is 44.1 Å². The molecule has 13 heteroatoms. The summed E-state index contributed by atoms with van der Waals surface area (Å²) in [6, 6.07) is 11.6. The number of nitrogens with two attached hydrogens (primary N) is 1. The average Bonchev–Trinajstić information content (AvgIpc) is 2.88. The Morgan fingerprint density at radius 2 is 1.00 bits per heavy atom. The highest BCUT2D eigenvalue weighted by molar-refractivity contribution is 5.96. The number of amides is 3. The molecule has 0 saturated heterocycles. The van der Waals surface area contributed by atoms with Gasteiger partial charge in [-0.1, -0.05) is 60.7 Å². The molecule has 13 nitrogen and oxygen atoms in total. The second-order valence-corrected chi connectivity index (χ2v) is 8.70. The Balaban J connectivity index is 2.22. The van der Waals surface area contributed by atoms with E-state index in [0.29, 0.717) is 5.56 Å². The number of carbonyl (C=O) groups excluding carboxylic acids is 3. The Morgan fingerprint density at radius 1 is 0.590 bits per heavy atom.